The van der Waals surface area contributed by atoms with E-state index in [9.17, 15) is 5.11 Å². The highest BCUT2D eigenvalue weighted by molar-refractivity contribution is 5.70. The van der Waals surface area contributed by atoms with Crippen LogP contribution in [0.15, 0.2) is 34.9 Å². The number of aryl methyl sites for hydroxylation is 1. The predicted octanol–water partition coefficient (Wildman–Crippen LogP) is 2.80. The summed E-state index contributed by atoms with van der Waals surface area (Å²) in [7, 11) is 0. The van der Waals surface area contributed by atoms with E-state index in [1.807, 2.05) is 19.1 Å². The normalized spacial score (nSPS) is 16.0. The summed E-state index contributed by atoms with van der Waals surface area (Å²) in [6.07, 6.45) is 2.10. The van der Waals surface area contributed by atoms with Crippen molar-refractivity contribution < 1.29 is 9.63 Å². The first-order chi connectivity index (χ1) is 10.8. The lowest BCUT2D eigenvalue weighted by Crippen LogP contribution is -2.35. The van der Waals surface area contributed by atoms with Gasteiger partial charge in [-0.25, -0.2) is 0 Å². The highest BCUT2D eigenvalue weighted by atomic mass is 16.5. The number of nitrogens with zero attached hydrogens (tertiary/aromatic N) is 2. The summed E-state index contributed by atoms with van der Waals surface area (Å²) < 4.78 is 5.10. The van der Waals surface area contributed by atoms with Crippen LogP contribution in [0.2, 0.25) is 0 Å². The third-order valence-corrected chi connectivity index (χ3v) is 4.25. The first-order valence-corrected chi connectivity index (χ1v) is 7.87. The van der Waals surface area contributed by atoms with Gasteiger partial charge in [-0.15, -0.1) is 0 Å². The largest absolute Gasteiger partial charge is 0.396 e. The zero-order valence-electron chi connectivity index (χ0n) is 13.0. The number of anilines is 2. The van der Waals surface area contributed by atoms with Crippen molar-refractivity contribution >= 4 is 11.4 Å². The lowest BCUT2D eigenvalue weighted by Gasteiger charge is -2.34. The molecule has 1 aliphatic rings. The Labute approximate surface area is 130 Å². The van der Waals surface area contributed by atoms with Gasteiger partial charge in [-0.2, -0.15) is 0 Å². The molecule has 22 heavy (non-hydrogen) atoms. The number of rotatable bonds is 5. The van der Waals surface area contributed by atoms with Crippen LogP contribution >= 0.6 is 0 Å². The van der Waals surface area contributed by atoms with E-state index >= 15 is 0 Å². The molecule has 0 bridgehead atoms. The highest BCUT2D eigenvalue weighted by Gasteiger charge is 2.20. The molecular formula is C17H23N3O2. The number of piperidine rings is 1. The van der Waals surface area contributed by atoms with E-state index in [1.165, 1.54) is 5.69 Å². The molecule has 0 unspecified atom stereocenters. The lowest BCUT2D eigenvalue weighted by atomic mass is 9.97. The highest BCUT2D eigenvalue weighted by Crippen LogP contribution is 2.30. The van der Waals surface area contributed by atoms with E-state index in [2.05, 4.69) is 33.6 Å². The standard InChI is InChI=1S/C17H23N3O2/c1-13-10-15(19-22-13)11-18-16-4-2-3-5-17(16)20-8-6-14(12-21)7-9-20/h2-5,10,14,18,21H,6-9,11-12H2,1H3. The van der Waals surface area contributed by atoms with Crippen molar-refractivity contribution in [3.8, 4) is 0 Å². The van der Waals surface area contributed by atoms with E-state index in [0.717, 1.165) is 43.1 Å². The van der Waals surface area contributed by atoms with E-state index in [4.69, 9.17) is 4.52 Å². The van der Waals surface area contributed by atoms with Gasteiger partial charge >= 0.3 is 0 Å². The minimum atomic E-state index is 0.305. The SMILES string of the molecule is Cc1cc(CNc2ccccc2N2CCC(CO)CC2)no1. The number of aliphatic hydroxyl groups excluding tert-OH is 1. The maximum atomic E-state index is 9.27. The first kappa shape index (κ1) is 14.9. The first-order valence-electron chi connectivity index (χ1n) is 7.87. The Kier molecular flexibility index (Phi) is 4.63. The van der Waals surface area contributed by atoms with Crippen LogP contribution in [0.5, 0.6) is 0 Å². The fraction of sp³-hybridized carbons (Fsp3) is 0.471. The van der Waals surface area contributed by atoms with Crippen molar-refractivity contribution in [1.29, 1.82) is 0 Å². The summed E-state index contributed by atoms with van der Waals surface area (Å²) in [5.74, 6) is 1.28. The van der Waals surface area contributed by atoms with Crippen molar-refractivity contribution in [2.45, 2.75) is 26.3 Å². The number of hydrogen-bond donors (Lipinski definition) is 2. The van der Waals surface area contributed by atoms with Crippen LogP contribution in [-0.2, 0) is 6.54 Å². The molecule has 1 saturated heterocycles. The second kappa shape index (κ2) is 6.83. The van der Waals surface area contributed by atoms with Crippen molar-refractivity contribution in [2.24, 2.45) is 5.92 Å². The predicted molar refractivity (Wildman–Crippen MR) is 87.0 cm³/mol. The average Bonchev–Trinajstić information content (AvgIpc) is 2.99. The van der Waals surface area contributed by atoms with Crippen LogP contribution in [0.3, 0.4) is 0 Å². The summed E-state index contributed by atoms with van der Waals surface area (Å²) in [5.41, 5.74) is 3.25. The second-order valence-electron chi connectivity index (χ2n) is 5.91. The molecule has 118 valence electrons. The number of nitrogens with one attached hydrogen (secondary N) is 1. The van der Waals surface area contributed by atoms with Crippen LogP contribution in [0.1, 0.15) is 24.3 Å². The molecule has 0 spiro atoms. The molecule has 1 fully saturated rings. The fourth-order valence-electron chi connectivity index (χ4n) is 2.94. The Bertz CT molecular complexity index is 603. The molecule has 1 aromatic carbocycles. The van der Waals surface area contributed by atoms with Gasteiger partial charge in [0.05, 0.1) is 17.9 Å². The molecule has 5 heteroatoms. The maximum absolute atomic E-state index is 9.27. The lowest BCUT2D eigenvalue weighted by molar-refractivity contribution is 0.203. The Hall–Kier alpha value is -2.01. The third kappa shape index (κ3) is 3.42. The third-order valence-electron chi connectivity index (χ3n) is 4.25. The van der Waals surface area contributed by atoms with Crippen LogP contribution in [-0.4, -0.2) is 30.0 Å². The minimum absolute atomic E-state index is 0.305. The van der Waals surface area contributed by atoms with Gasteiger partial charge in [-0.1, -0.05) is 17.3 Å². The molecule has 2 aromatic rings. The minimum Gasteiger partial charge on any atom is -0.396 e. The van der Waals surface area contributed by atoms with Crippen molar-refractivity contribution in [3.05, 3.63) is 41.8 Å². The molecule has 1 aromatic heterocycles. The summed E-state index contributed by atoms with van der Waals surface area (Å²) in [4.78, 5) is 2.39. The molecule has 3 rings (SSSR count). The molecule has 0 saturated carbocycles. The second-order valence-corrected chi connectivity index (χ2v) is 5.91. The molecular weight excluding hydrogens is 278 g/mol. The molecule has 1 aliphatic heterocycles. The summed E-state index contributed by atoms with van der Waals surface area (Å²) >= 11 is 0. The van der Waals surface area contributed by atoms with E-state index in [1.54, 1.807) is 0 Å². The zero-order valence-corrected chi connectivity index (χ0v) is 13.0. The Balaban J connectivity index is 1.67. The van der Waals surface area contributed by atoms with E-state index < -0.39 is 0 Å². The van der Waals surface area contributed by atoms with Crippen LogP contribution in [0, 0.1) is 12.8 Å². The van der Waals surface area contributed by atoms with Crippen LogP contribution in [0.4, 0.5) is 11.4 Å². The van der Waals surface area contributed by atoms with E-state index in [0.29, 0.717) is 19.1 Å². The Morgan fingerprint density at radius 2 is 2.09 bits per heavy atom. The van der Waals surface area contributed by atoms with Gasteiger partial charge in [-0.3, -0.25) is 0 Å². The molecule has 2 heterocycles. The molecule has 0 radical (unpaired) electrons. The molecule has 0 amide bonds. The molecule has 0 atom stereocenters. The monoisotopic (exact) mass is 301 g/mol. The molecule has 2 N–H and O–H groups in total. The van der Waals surface area contributed by atoms with Crippen LogP contribution in [0.25, 0.3) is 0 Å². The average molecular weight is 301 g/mol. The Morgan fingerprint density at radius 3 is 2.77 bits per heavy atom. The van der Waals surface area contributed by atoms with Gasteiger partial charge in [0.25, 0.3) is 0 Å². The number of hydrogen-bond acceptors (Lipinski definition) is 5. The molecule has 5 nitrogen and oxygen atoms in total. The van der Waals surface area contributed by atoms with Gasteiger partial charge in [0.1, 0.15) is 11.5 Å². The van der Waals surface area contributed by atoms with Gasteiger partial charge in [0.2, 0.25) is 0 Å². The van der Waals surface area contributed by atoms with Crippen molar-refractivity contribution in [2.75, 3.05) is 29.9 Å². The zero-order chi connectivity index (χ0) is 15.4. The number of aromatic nitrogens is 1. The van der Waals surface area contributed by atoms with Crippen molar-refractivity contribution in [1.82, 2.24) is 5.16 Å². The van der Waals surface area contributed by atoms with Crippen LogP contribution < -0.4 is 10.2 Å². The van der Waals surface area contributed by atoms with Crippen molar-refractivity contribution in [3.63, 3.8) is 0 Å². The van der Waals surface area contributed by atoms with Gasteiger partial charge in [-0.05, 0) is 37.8 Å². The fourth-order valence-corrected chi connectivity index (χ4v) is 2.94. The summed E-state index contributed by atoms with van der Waals surface area (Å²) in [6.45, 7) is 4.84. The Morgan fingerprint density at radius 1 is 1.32 bits per heavy atom. The number of para-hydroxylation sites is 2. The summed E-state index contributed by atoms with van der Waals surface area (Å²) in [6, 6.07) is 10.3. The van der Waals surface area contributed by atoms with Gasteiger partial charge in [0, 0.05) is 25.8 Å². The number of aliphatic hydroxyl groups is 1. The smallest absolute Gasteiger partial charge is 0.133 e. The van der Waals surface area contributed by atoms with Gasteiger partial charge in [0.15, 0.2) is 0 Å². The quantitative estimate of drug-likeness (QED) is 0.889. The van der Waals surface area contributed by atoms with E-state index in [-0.39, 0.29) is 0 Å². The topological polar surface area (TPSA) is 61.5 Å². The maximum Gasteiger partial charge on any atom is 0.133 e. The molecule has 0 aliphatic carbocycles. The summed E-state index contributed by atoms with van der Waals surface area (Å²) in [5, 5.41) is 16.7. The number of benzene rings is 1. The van der Waals surface area contributed by atoms with Gasteiger partial charge < -0.3 is 19.8 Å².